The van der Waals surface area contributed by atoms with Crippen molar-refractivity contribution < 1.29 is 9.21 Å². The quantitative estimate of drug-likeness (QED) is 0.659. The molecule has 25 heavy (non-hydrogen) atoms. The van der Waals surface area contributed by atoms with E-state index in [1.165, 1.54) is 17.3 Å². The maximum absolute atomic E-state index is 12.2. The molecule has 0 aliphatic heterocycles. The second-order valence-electron chi connectivity index (χ2n) is 5.68. The number of hydrogen-bond acceptors (Lipinski definition) is 5. The number of carbonyl (C=O) groups excluding carboxylic acids is 1. The molecule has 3 aromatic rings. The highest BCUT2D eigenvalue weighted by Crippen LogP contribution is 2.22. The Morgan fingerprint density at radius 2 is 2.04 bits per heavy atom. The molecule has 0 saturated carbocycles. The molecule has 6 nitrogen and oxygen atoms in total. The van der Waals surface area contributed by atoms with Gasteiger partial charge in [-0.25, -0.2) is 0 Å². The Kier molecular flexibility index (Phi) is 5.55. The van der Waals surface area contributed by atoms with Crippen molar-refractivity contribution in [3.63, 3.8) is 0 Å². The third-order valence-corrected chi connectivity index (χ3v) is 4.93. The second kappa shape index (κ2) is 8.02. The SMILES string of the molecule is CC(Sc1nnc(Cc2ccccc2)n1C)C(=O)NCc1ccco1. The predicted octanol–water partition coefficient (Wildman–Crippen LogP) is 2.80. The lowest BCUT2D eigenvalue weighted by Gasteiger charge is -2.11. The van der Waals surface area contributed by atoms with E-state index >= 15 is 0 Å². The van der Waals surface area contributed by atoms with Crippen LogP contribution in [0.25, 0.3) is 0 Å². The standard InChI is InChI=1S/C18H20N4O2S/c1-13(17(23)19-12-15-9-6-10-24-15)25-18-21-20-16(22(18)2)11-14-7-4-3-5-8-14/h3-10,13H,11-12H2,1-2H3,(H,19,23). The highest BCUT2D eigenvalue weighted by atomic mass is 32.2. The Morgan fingerprint density at radius 3 is 2.76 bits per heavy atom. The van der Waals surface area contributed by atoms with Crippen LogP contribution in [0.1, 0.15) is 24.1 Å². The number of rotatable bonds is 7. The van der Waals surface area contributed by atoms with E-state index in [2.05, 4.69) is 27.6 Å². The van der Waals surface area contributed by atoms with Gasteiger partial charge in [-0.2, -0.15) is 0 Å². The number of nitrogens with zero attached hydrogens (tertiary/aromatic N) is 3. The van der Waals surface area contributed by atoms with Crippen molar-refractivity contribution in [1.82, 2.24) is 20.1 Å². The number of furan rings is 1. The normalized spacial score (nSPS) is 12.1. The summed E-state index contributed by atoms with van der Waals surface area (Å²) < 4.78 is 7.15. The lowest BCUT2D eigenvalue weighted by molar-refractivity contribution is -0.120. The van der Waals surface area contributed by atoms with Crippen LogP contribution in [0.3, 0.4) is 0 Å². The Labute approximate surface area is 150 Å². The van der Waals surface area contributed by atoms with Crippen molar-refractivity contribution in [3.05, 3.63) is 65.9 Å². The number of benzene rings is 1. The summed E-state index contributed by atoms with van der Waals surface area (Å²) in [4.78, 5) is 12.2. The third-order valence-electron chi connectivity index (χ3n) is 3.80. The number of thioether (sulfide) groups is 1. The lowest BCUT2D eigenvalue weighted by atomic mass is 10.1. The van der Waals surface area contributed by atoms with Crippen LogP contribution in [-0.4, -0.2) is 25.9 Å². The van der Waals surface area contributed by atoms with E-state index in [4.69, 9.17) is 4.42 Å². The van der Waals surface area contributed by atoms with Crippen LogP contribution in [0.2, 0.25) is 0 Å². The maximum Gasteiger partial charge on any atom is 0.233 e. The zero-order valence-electron chi connectivity index (χ0n) is 14.2. The van der Waals surface area contributed by atoms with Gasteiger partial charge in [0.25, 0.3) is 0 Å². The van der Waals surface area contributed by atoms with Gasteiger partial charge < -0.3 is 14.3 Å². The Balaban J connectivity index is 1.57. The molecule has 0 spiro atoms. The smallest absolute Gasteiger partial charge is 0.233 e. The molecule has 1 amide bonds. The third kappa shape index (κ3) is 4.51. The van der Waals surface area contributed by atoms with E-state index in [1.807, 2.05) is 42.8 Å². The van der Waals surface area contributed by atoms with Crippen LogP contribution in [-0.2, 0) is 24.8 Å². The fraction of sp³-hybridized carbons (Fsp3) is 0.278. The summed E-state index contributed by atoms with van der Waals surface area (Å²) in [5.41, 5.74) is 1.18. The average molecular weight is 356 g/mol. The molecular formula is C18H20N4O2S. The van der Waals surface area contributed by atoms with Gasteiger partial charge in [0.15, 0.2) is 5.16 Å². The molecule has 0 aliphatic carbocycles. The summed E-state index contributed by atoms with van der Waals surface area (Å²) in [6, 6.07) is 13.8. The van der Waals surface area contributed by atoms with E-state index in [0.717, 1.165) is 16.7 Å². The fourth-order valence-corrected chi connectivity index (χ4v) is 3.18. The fourth-order valence-electron chi connectivity index (χ4n) is 2.32. The number of carbonyl (C=O) groups is 1. The minimum atomic E-state index is -0.276. The Morgan fingerprint density at radius 1 is 1.24 bits per heavy atom. The topological polar surface area (TPSA) is 73.0 Å². The van der Waals surface area contributed by atoms with Gasteiger partial charge in [-0.3, -0.25) is 4.79 Å². The molecule has 1 unspecified atom stereocenters. The summed E-state index contributed by atoms with van der Waals surface area (Å²) in [6.45, 7) is 2.24. The largest absolute Gasteiger partial charge is 0.467 e. The van der Waals surface area contributed by atoms with Crippen molar-refractivity contribution in [3.8, 4) is 0 Å². The van der Waals surface area contributed by atoms with Gasteiger partial charge in [-0.05, 0) is 24.6 Å². The molecule has 0 saturated heterocycles. The molecule has 1 aromatic carbocycles. The first-order chi connectivity index (χ1) is 12.1. The van der Waals surface area contributed by atoms with Crippen LogP contribution in [0, 0.1) is 0 Å². The minimum absolute atomic E-state index is 0.0611. The van der Waals surface area contributed by atoms with Crippen molar-refractivity contribution in [2.45, 2.75) is 30.3 Å². The predicted molar refractivity (Wildman–Crippen MR) is 96.1 cm³/mol. The molecule has 2 heterocycles. The van der Waals surface area contributed by atoms with Gasteiger partial charge in [0.2, 0.25) is 5.91 Å². The molecule has 130 valence electrons. The lowest BCUT2D eigenvalue weighted by Crippen LogP contribution is -2.30. The summed E-state index contributed by atoms with van der Waals surface area (Å²) >= 11 is 1.39. The van der Waals surface area contributed by atoms with E-state index < -0.39 is 0 Å². The minimum Gasteiger partial charge on any atom is -0.467 e. The van der Waals surface area contributed by atoms with Gasteiger partial charge in [0.05, 0.1) is 18.1 Å². The van der Waals surface area contributed by atoms with Crippen LogP contribution < -0.4 is 5.32 Å². The Hall–Kier alpha value is -2.54. The first kappa shape index (κ1) is 17.3. The molecule has 3 rings (SSSR count). The number of hydrogen-bond donors (Lipinski definition) is 1. The van der Waals surface area contributed by atoms with Gasteiger partial charge in [0.1, 0.15) is 11.6 Å². The first-order valence-electron chi connectivity index (χ1n) is 8.02. The van der Waals surface area contributed by atoms with E-state index in [1.54, 1.807) is 12.3 Å². The van der Waals surface area contributed by atoms with Crippen LogP contribution in [0.5, 0.6) is 0 Å². The van der Waals surface area contributed by atoms with Crippen molar-refractivity contribution in [2.75, 3.05) is 0 Å². The molecule has 0 bridgehead atoms. The molecule has 7 heteroatoms. The highest BCUT2D eigenvalue weighted by Gasteiger charge is 2.19. The second-order valence-corrected chi connectivity index (χ2v) is 6.99. The van der Waals surface area contributed by atoms with Crippen molar-refractivity contribution in [1.29, 1.82) is 0 Å². The number of nitrogens with one attached hydrogen (secondary N) is 1. The first-order valence-corrected chi connectivity index (χ1v) is 8.90. The molecule has 0 aliphatic rings. The van der Waals surface area contributed by atoms with Gasteiger partial charge in [0, 0.05) is 13.5 Å². The zero-order valence-corrected chi connectivity index (χ0v) is 15.0. The van der Waals surface area contributed by atoms with Gasteiger partial charge in [-0.15, -0.1) is 10.2 Å². The zero-order chi connectivity index (χ0) is 17.6. The van der Waals surface area contributed by atoms with Gasteiger partial charge in [-0.1, -0.05) is 42.1 Å². The maximum atomic E-state index is 12.2. The van der Waals surface area contributed by atoms with Gasteiger partial charge >= 0.3 is 0 Å². The van der Waals surface area contributed by atoms with Crippen molar-refractivity contribution in [2.24, 2.45) is 7.05 Å². The van der Waals surface area contributed by atoms with Crippen LogP contribution >= 0.6 is 11.8 Å². The molecule has 1 N–H and O–H groups in total. The summed E-state index contributed by atoms with van der Waals surface area (Å²) in [5, 5.41) is 11.8. The molecule has 0 fully saturated rings. The van der Waals surface area contributed by atoms with Crippen molar-refractivity contribution >= 4 is 17.7 Å². The van der Waals surface area contributed by atoms with Crippen LogP contribution in [0.15, 0.2) is 58.3 Å². The summed E-state index contributed by atoms with van der Waals surface area (Å²) in [6.07, 6.45) is 2.30. The monoisotopic (exact) mass is 356 g/mol. The highest BCUT2D eigenvalue weighted by molar-refractivity contribution is 8.00. The molecule has 1 atom stereocenters. The molecular weight excluding hydrogens is 336 g/mol. The van der Waals surface area contributed by atoms with E-state index in [9.17, 15) is 4.79 Å². The number of aromatic nitrogens is 3. The molecule has 0 radical (unpaired) electrons. The van der Waals surface area contributed by atoms with Crippen LogP contribution in [0.4, 0.5) is 0 Å². The van der Waals surface area contributed by atoms with E-state index in [-0.39, 0.29) is 11.2 Å². The molecule has 2 aromatic heterocycles. The summed E-state index contributed by atoms with van der Waals surface area (Å²) in [5.74, 6) is 1.54. The van der Waals surface area contributed by atoms with E-state index in [0.29, 0.717) is 13.0 Å². The average Bonchev–Trinajstić information content (AvgIpc) is 3.26. The summed E-state index contributed by atoms with van der Waals surface area (Å²) in [7, 11) is 1.92. The Bertz CT molecular complexity index is 815. The number of amides is 1.